The molecule has 3 N–H and O–H groups in total. The van der Waals surface area contributed by atoms with Gasteiger partial charge in [0.25, 0.3) is 0 Å². The summed E-state index contributed by atoms with van der Waals surface area (Å²) in [5.74, 6) is 0. The first-order valence-corrected chi connectivity index (χ1v) is 5.59. The second-order valence-electron chi connectivity index (χ2n) is 3.73. The summed E-state index contributed by atoms with van der Waals surface area (Å²) in [7, 11) is 1.67. The number of rotatable bonds is 5. The second kappa shape index (κ2) is 6.44. The number of ether oxygens (including phenoxy) is 1. The Hall–Kier alpha value is -1.14. The van der Waals surface area contributed by atoms with Crippen LogP contribution in [0.15, 0.2) is 12.4 Å². The van der Waals surface area contributed by atoms with Crippen LogP contribution in [0.25, 0.3) is 0 Å². The Labute approximate surface area is 101 Å². The van der Waals surface area contributed by atoms with E-state index in [9.17, 15) is 0 Å². The monoisotopic (exact) mass is 242 g/mol. The first kappa shape index (κ1) is 12.9. The molecule has 90 valence electrons. The topological polar surface area (TPSA) is 62.0 Å². The molecule has 0 aromatic carbocycles. The Bertz CT molecular complexity index is 315. The molecule has 0 aliphatic carbocycles. The molecule has 0 saturated carbocycles. The van der Waals surface area contributed by atoms with Crippen LogP contribution < -0.4 is 10.6 Å². The summed E-state index contributed by atoms with van der Waals surface area (Å²) in [4.78, 5) is 0. The molecule has 1 aromatic rings. The maximum absolute atomic E-state index is 5.19. The van der Waals surface area contributed by atoms with E-state index < -0.39 is 0 Å². The molecule has 2 atom stereocenters. The highest BCUT2D eigenvalue weighted by atomic mass is 32.1. The first-order valence-electron chi connectivity index (χ1n) is 5.18. The summed E-state index contributed by atoms with van der Waals surface area (Å²) in [5, 5.41) is 13.6. The Morgan fingerprint density at radius 3 is 2.88 bits per heavy atom. The number of thiocarbonyl (C=S) groups is 1. The molecule has 2 unspecified atom stereocenters. The standard InChI is InChI=1S/C10H18N4OS/c1-7(6-15-3)13-10(16)14-8(2)9-4-11-12-5-9/h4-5,7-8H,6H2,1-3H3,(H,11,12)(H2,13,14,16). The predicted octanol–water partition coefficient (Wildman–Crippen LogP) is 0.970. The lowest BCUT2D eigenvalue weighted by Crippen LogP contribution is -2.43. The van der Waals surface area contributed by atoms with Crippen LogP contribution in [0.3, 0.4) is 0 Å². The van der Waals surface area contributed by atoms with Crippen LogP contribution in [0, 0.1) is 0 Å². The van der Waals surface area contributed by atoms with E-state index in [0.29, 0.717) is 11.7 Å². The van der Waals surface area contributed by atoms with Crippen LogP contribution in [0.4, 0.5) is 0 Å². The first-order chi connectivity index (χ1) is 7.63. The van der Waals surface area contributed by atoms with Crippen molar-refractivity contribution in [1.29, 1.82) is 0 Å². The van der Waals surface area contributed by atoms with Crippen molar-refractivity contribution >= 4 is 17.3 Å². The van der Waals surface area contributed by atoms with Crippen molar-refractivity contribution in [3.63, 3.8) is 0 Å². The third-order valence-electron chi connectivity index (χ3n) is 2.16. The molecular weight excluding hydrogens is 224 g/mol. The number of hydrogen-bond donors (Lipinski definition) is 3. The Kier molecular flexibility index (Phi) is 5.21. The molecule has 0 aliphatic heterocycles. The normalized spacial score (nSPS) is 14.2. The fourth-order valence-corrected chi connectivity index (χ4v) is 1.71. The van der Waals surface area contributed by atoms with E-state index in [4.69, 9.17) is 17.0 Å². The van der Waals surface area contributed by atoms with Crippen LogP contribution in [-0.2, 0) is 4.74 Å². The summed E-state index contributed by atoms with van der Waals surface area (Å²) < 4.78 is 5.02. The smallest absolute Gasteiger partial charge is 0.167 e. The van der Waals surface area contributed by atoms with Gasteiger partial charge in [0.2, 0.25) is 0 Å². The van der Waals surface area contributed by atoms with E-state index >= 15 is 0 Å². The lowest BCUT2D eigenvalue weighted by Gasteiger charge is -2.19. The van der Waals surface area contributed by atoms with E-state index in [0.717, 1.165) is 5.56 Å². The van der Waals surface area contributed by atoms with Gasteiger partial charge in [-0.2, -0.15) is 5.10 Å². The second-order valence-corrected chi connectivity index (χ2v) is 4.14. The van der Waals surface area contributed by atoms with E-state index in [1.54, 1.807) is 13.3 Å². The van der Waals surface area contributed by atoms with Crippen molar-refractivity contribution < 1.29 is 4.74 Å². The van der Waals surface area contributed by atoms with Gasteiger partial charge in [-0.1, -0.05) is 0 Å². The van der Waals surface area contributed by atoms with Gasteiger partial charge in [0.05, 0.1) is 18.8 Å². The number of nitrogens with zero attached hydrogens (tertiary/aromatic N) is 1. The van der Waals surface area contributed by atoms with Crippen molar-refractivity contribution in [3.8, 4) is 0 Å². The average molecular weight is 242 g/mol. The van der Waals surface area contributed by atoms with Gasteiger partial charge >= 0.3 is 0 Å². The molecule has 0 amide bonds. The van der Waals surface area contributed by atoms with Gasteiger partial charge in [0.15, 0.2) is 5.11 Å². The van der Waals surface area contributed by atoms with Crippen LogP contribution >= 0.6 is 12.2 Å². The van der Waals surface area contributed by atoms with Crippen LogP contribution in [0.1, 0.15) is 25.5 Å². The number of methoxy groups -OCH3 is 1. The maximum atomic E-state index is 5.19. The zero-order valence-electron chi connectivity index (χ0n) is 9.78. The van der Waals surface area contributed by atoms with Crippen LogP contribution in [0.2, 0.25) is 0 Å². The number of H-pyrrole nitrogens is 1. The lowest BCUT2D eigenvalue weighted by molar-refractivity contribution is 0.179. The third-order valence-corrected chi connectivity index (χ3v) is 2.40. The van der Waals surface area contributed by atoms with Gasteiger partial charge < -0.3 is 15.4 Å². The quantitative estimate of drug-likeness (QED) is 0.672. The molecule has 0 aliphatic rings. The minimum atomic E-state index is 0.133. The highest BCUT2D eigenvalue weighted by Crippen LogP contribution is 2.08. The van der Waals surface area contributed by atoms with Gasteiger partial charge in [-0.25, -0.2) is 0 Å². The van der Waals surface area contributed by atoms with Crippen molar-refractivity contribution in [3.05, 3.63) is 18.0 Å². The maximum Gasteiger partial charge on any atom is 0.167 e. The molecular formula is C10H18N4OS. The van der Waals surface area contributed by atoms with Crippen LogP contribution in [-0.4, -0.2) is 35.1 Å². The fraction of sp³-hybridized carbons (Fsp3) is 0.600. The highest BCUT2D eigenvalue weighted by Gasteiger charge is 2.09. The van der Waals surface area contributed by atoms with Crippen molar-refractivity contribution in [2.24, 2.45) is 0 Å². The zero-order chi connectivity index (χ0) is 12.0. The number of aromatic amines is 1. The van der Waals surface area contributed by atoms with Gasteiger partial charge in [0, 0.05) is 24.9 Å². The molecule has 6 heteroatoms. The van der Waals surface area contributed by atoms with Gasteiger partial charge in [0.1, 0.15) is 0 Å². The van der Waals surface area contributed by atoms with E-state index in [1.807, 2.05) is 20.0 Å². The number of hydrogen-bond acceptors (Lipinski definition) is 3. The zero-order valence-corrected chi connectivity index (χ0v) is 10.6. The van der Waals surface area contributed by atoms with Crippen molar-refractivity contribution in [2.75, 3.05) is 13.7 Å². The van der Waals surface area contributed by atoms with Gasteiger partial charge in [-0.15, -0.1) is 0 Å². The molecule has 0 saturated heterocycles. The SMILES string of the molecule is COCC(C)NC(=S)NC(C)c1cn[nH]c1. The molecule has 5 nitrogen and oxygen atoms in total. The molecule has 0 bridgehead atoms. The Morgan fingerprint density at radius 1 is 1.56 bits per heavy atom. The third kappa shape index (κ3) is 4.16. The van der Waals surface area contributed by atoms with Crippen molar-refractivity contribution in [1.82, 2.24) is 20.8 Å². The van der Waals surface area contributed by atoms with Crippen LogP contribution in [0.5, 0.6) is 0 Å². The lowest BCUT2D eigenvalue weighted by atomic mass is 10.2. The van der Waals surface area contributed by atoms with E-state index in [-0.39, 0.29) is 12.1 Å². The minimum Gasteiger partial charge on any atom is -0.383 e. The summed E-state index contributed by atoms with van der Waals surface area (Å²) in [6, 6.07) is 0.329. The molecule has 1 heterocycles. The minimum absolute atomic E-state index is 0.133. The molecule has 1 rings (SSSR count). The largest absolute Gasteiger partial charge is 0.383 e. The molecule has 0 spiro atoms. The Balaban J connectivity index is 2.34. The summed E-state index contributed by atoms with van der Waals surface area (Å²) in [6.45, 7) is 4.67. The highest BCUT2D eigenvalue weighted by molar-refractivity contribution is 7.80. The molecule has 0 fully saturated rings. The Morgan fingerprint density at radius 2 is 2.31 bits per heavy atom. The number of aromatic nitrogens is 2. The summed E-state index contributed by atoms with van der Waals surface area (Å²) in [6.07, 6.45) is 3.62. The van der Waals surface area contributed by atoms with Gasteiger partial charge in [-0.05, 0) is 26.1 Å². The van der Waals surface area contributed by atoms with Crippen molar-refractivity contribution in [2.45, 2.75) is 25.9 Å². The average Bonchev–Trinajstić information content (AvgIpc) is 2.69. The van der Waals surface area contributed by atoms with Gasteiger partial charge in [-0.3, -0.25) is 5.10 Å². The number of nitrogens with one attached hydrogen (secondary N) is 3. The van der Waals surface area contributed by atoms with E-state index in [2.05, 4.69) is 20.8 Å². The molecule has 16 heavy (non-hydrogen) atoms. The van der Waals surface area contributed by atoms with E-state index in [1.165, 1.54) is 0 Å². The predicted molar refractivity (Wildman–Crippen MR) is 67.2 cm³/mol. The summed E-state index contributed by atoms with van der Waals surface area (Å²) in [5.41, 5.74) is 1.07. The fourth-order valence-electron chi connectivity index (χ4n) is 1.33. The molecule has 1 aromatic heterocycles. The molecule has 0 radical (unpaired) electrons. The summed E-state index contributed by atoms with van der Waals surface area (Å²) >= 11 is 5.19.